The first-order valence-electron chi connectivity index (χ1n) is 6.54. The van der Waals surface area contributed by atoms with Crippen molar-refractivity contribution in [3.63, 3.8) is 0 Å². The molecular formula is C15H18N4O. The van der Waals surface area contributed by atoms with E-state index < -0.39 is 0 Å². The van der Waals surface area contributed by atoms with Crippen LogP contribution >= 0.6 is 0 Å². The highest BCUT2D eigenvalue weighted by Gasteiger charge is 2.17. The van der Waals surface area contributed by atoms with Crippen LogP contribution in [-0.4, -0.2) is 27.8 Å². The maximum absolute atomic E-state index is 11.1. The van der Waals surface area contributed by atoms with Gasteiger partial charge in [-0.25, -0.2) is 0 Å². The molecule has 2 N–H and O–H groups in total. The van der Waals surface area contributed by atoms with Crippen molar-refractivity contribution in [2.75, 3.05) is 6.54 Å². The SMILES string of the molecule is CC(C)N(CC(N)=O)Cc1cn2ccccc2c1C#N. The third kappa shape index (κ3) is 2.81. The van der Waals surface area contributed by atoms with Crippen LogP contribution in [-0.2, 0) is 11.3 Å². The number of nitriles is 1. The summed E-state index contributed by atoms with van der Waals surface area (Å²) in [7, 11) is 0. The summed E-state index contributed by atoms with van der Waals surface area (Å²) in [5.41, 5.74) is 7.73. The monoisotopic (exact) mass is 270 g/mol. The molecule has 0 aromatic carbocycles. The molecule has 0 radical (unpaired) electrons. The van der Waals surface area contributed by atoms with Crippen LogP contribution in [0.5, 0.6) is 0 Å². The van der Waals surface area contributed by atoms with Crippen LogP contribution in [0, 0.1) is 11.3 Å². The lowest BCUT2D eigenvalue weighted by Crippen LogP contribution is -2.38. The predicted molar refractivity (Wildman–Crippen MR) is 76.9 cm³/mol. The van der Waals surface area contributed by atoms with Gasteiger partial charge in [-0.05, 0) is 26.0 Å². The first kappa shape index (κ1) is 14.1. The van der Waals surface area contributed by atoms with Gasteiger partial charge in [-0.2, -0.15) is 5.26 Å². The summed E-state index contributed by atoms with van der Waals surface area (Å²) in [4.78, 5) is 13.1. The Hall–Kier alpha value is -2.32. The van der Waals surface area contributed by atoms with E-state index in [9.17, 15) is 10.1 Å². The third-order valence-electron chi connectivity index (χ3n) is 3.34. The van der Waals surface area contributed by atoms with Crippen LogP contribution in [0.3, 0.4) is 0 Å². The molecule has 0 saturated heterocycles. The Labute approximate surface area is 118 Å². The highest BCUT2D eigenvalue weighted by Crippen LogP contribution is 2.20. The molecular weight excluding hydrogens is 252 g/mol. The van der Waals surface area contributed by atoms with Gasteiger partial charge >= 0.3 is 0 Å². The minimum Gasteiger partial charge on any atom is -0.369 e. The topological polar surface area (TPSA) is 74.5 Å². The lowest BCUT2D eigenvalue weighted by molar-refractivity contribution is -0.119. The summed E-state index contributed by atoms with van der Waals surface area (Å²) >= 11 is 0. The Morgan fingerprint density at radius 1 is 1.50 bits per heavy atom. The largest absolute Gasteiger partial charge is 0.369 e. The van der Waals surface area contributed by atoms with E-state index in [1.165, 1.54) is 0 Å². The van der Waals surface area contributed by atoms with Crippen LogP contribution in [0.25, 0.3) is 5.52 Å². The lowest BCUT2D eigenvalue weighted by Gasteiger charge is -2.24. The van der Waals surface area contributed by atoms with Crippen molar-refractivity contribution in [3.05, 3.63) is 41.7 Å². The van der Waals surface area contributed by atoms with Crippen LogP contribution < -0.4 is 5.73 Å². The molecule has 20 heavy (non-hydrogen) atoms. The van der Waals surface area contributed by atoms with Crippen molar-refractivity contribution >= 4 is 11.4 Å². The highest BCUT2D eigenvalue weighted by atomic mass is 16.1. The molecule has 0 bridgehead atoms. The Balaban J connectivity index is 2.37. The van der Waals surface area contributed by atoms with Gasteiger partial charge < -0.3 is 10.1 Å². The summed E-state index contributed by atoms with van der Waals surface area (Å²) in [6.45, 7) is 4.73. The van der Waals surface area contributed by atoms with E-state index in [0.29, 0.717) is 12.1 Å². The first-order chi connectivity index (χ1) is 9.52. The molecule has 0 fully saturated rings. The molecule has 0 spiro atoms. The van der Waals surface area contributed by atoms with Gasteiger partial charge in [-0.1, -0.05) is 6.07 Å². The number of hydrogen-bond acceptors (Lipinski definition) is 3. The molecule has 2 aromatic rings. The number of fused-ring (bicyclic) bond motifs is 1. The molecule has 2 rings (SSSR count). The fraction of sp³-hybridized carbons (Fsp3) is 0.333. The van der Waals surface area contributed by atoms with Gasteiger partial charge in [0, 0.05) is 30.5 Å². The minimum atomic E-state index is -0.360. The molecule has 0 aliphatic carbocycles. The quantitative estimate of drug-likeness (QED) is 0.894. The molecule has 5 heteroatoms. The van der Waals surface area contributed by atoms with E-state index in [2.05, 4.69) is 6.07 Å². The summed E-state index contributed by atoms with van der Waals surface area (Å²) in [5.74, 6) is -0.360. The molecule has 0 unspecified atom stereocenters. The van der Waals surface area contributed by atoms with Gasteiger partial charge in [-0.3, -0.25) is 9.69 Å². The number of carbonyl (C=O) groups excluding carboxylic acids is 1. The van der Waals surface area contributed by atoms with Crippen molar-refractivity contribution in [3.8, 4) is 6.07 Å². The Morgan fingerprint density at radius 2 is 2.25 bits per heavy atom. The van der Waals surface area contributed by atoms with E-state index in [0.717, 1.165) is 11.1 Å². The van der Waals surface area contributed by atoms with Crippen molar-refractivity contribution in [2.24, 2.45) is 5.73 Å². The van der Waals surface area contributed by atoms with Crippen LogP contribution in [0.2, 0.25) is 0 Å². The molecule has 0 aliphatic rings. The van der Waals surface area contributed by atoms with Gasteiger partial charge in [-0.15, -0.1) is 0 Å². The number of pyridine rings is 1. The summed E-state index contributed by atoms with van der Waals surface area (Å²) < 4.78 is 1.93. The third-order valence-corrected chi connectivity index (χ3v) is 3.34. The smallest absolute Gasteiger partial charge is 0.231 e. The van der Waals surface area contributed by atoms with E-state index in [1.807, 2.05) is 53.7 Å². The van der Waals surface area contributed by atoms with Crippen molar-refractivity contribution in [1.29, 1.82) is 5.26 Å². The summed E-state index contributed by atoms with van der Waals surface area (Å²) in [6.07, 6.45) is 3.84. The van der Waals surface area contributed by atoms with E-state index >= 15 is 0 Å². The summed E-state index contributed by atoms with van der Waals surface area (Å²) in [6, 6.07) is 8.17. The summed E-state index contributed by atoms with van der Waals surface area (Å²) in [5, 5.41) is 9.37. The van der Waals surface area contributed by atoms with E-state index in [4.69, 9.17) is 5.73 Å². The number of hydrogen-bond donors (Lipinski definition) is 1. The van der Waals surface area contributed by atoms with Crippen LogP contribution in [0.4, 0.5) is 0 Å². The molecule has 104 valence electrons. The standard InChI is InChI=1S/C15H18N4O/c1-11(2)19(10-15(17)20)9-12-8-18-6-4-3-5-14(18)13(12)7-16/h3-6,8,11H,9-10H2,1-2H3,(H2,17,20). The number of amides is 1. The van der Waals surface area contributed by atoms with Gasteiger partial charge in [0.2, 0.25) is 5.91 Å². The Morgan fingerprint density at radius 3 is 2.85 bits per heavy atom. The molecule has 5 nitrogen and oxygen atoms in total. The Kier molecular flexibility index (Phi) is 4.06. The van der Waals surface area contributed by atoms with Gasteiger partial charge in [0.05, 0.1) is 17.6 Å². The van der Waals surface area contributed by atoms with Crippen molar-refractivity contribution < 1.29 is 4.79 Å². The number of rotatable bonds is 5. The zero-order valence-electron chi connectivity index (χ0n) is 11.7. The maximum atomic E-state index is 11.1. The molecule has 1 amide bonds. The Bertz CT molecular complexity index is 666. The van der Waals surface area contributed by atoms with Gasteiger partial charge in [0.25, 0.3) is 0 Å². The minimum absolute atomic E-state index is 0.178. The zero-order chi connectivity index (χ0) is 14.7. The number of primary amides is 1. The second-order valence-electron chi connectivity index (χ2n) is 5.10. The second kappa shape index (κ2) is 5.76. The van der Waals surface area contributed by atoms with Crippen LogP contribution in [0.15, 0.2) is 30.6 Å². The fourth-order valence-electron chi connectivity index (χ4n) is 2.27. The average molecular weight is 270 g/mol. The molecule has 0 saturated carbocycles. The predicted octanol–water partition coefficient (Wildman–Crippen LogP) is 1.51. The first-order valence-corrected chi connectivity index (χ1v) is 6.54. The van der Waals surface area contributed by atoms with E-state index in [-0.39, 0.29) is 18.5 Å². The number of nitrogens with two attached hydrogens (primary N) is 1. The average Bonchev–Trinajstić information content (AvgIpc) is 2.74. The molecule has 0 atom stereocenters. The number of aromatic nitrogens is 1. The second-order valence-corrected chi connectivity index (χ2v) is 5.10. The van der Waals surface area contributed by atoms with Gasteiger partial charge in [0.1, 0.15) is 6.07 Å². The fourth-order valence-corrected chi connectivity index (χ4v) is 2.27. The van der Waals surface area contributed by atoms with Crippen molar-refractivity contribution in [1.82, 2.24) is 9.30 Å². The van der Waals surface area contributed by atoms with Gasteiger partial charge in [0.15, 0.2) is 0 Å². The van der Waals surface area contributed by atoms with E-state index in [1.54, 1.807) is 0 Å². The van der Waals surface area contributed by atoms with Crippen LogP contribution in [0.1, 0.15) is 25.0 Å². The molecule has 2 aromatic heterocycles. The normalized spacial score (nSPS) is 11.2. The highest BCUT2D eigenvalue weighted by molar-refractivity contribution is 5.76. The lowest BCUT2D eigenvalue weighted by atomic mass is 10.1. The van der Waals surface area contributed by atoms with Crippen molar-refractivity contribution in [2.45, 2.75) is 26.4 Å². The number of carbonyl (C=O) groups is 1. The molecule has 2 heterocycles. The zero-order valence-corrected chi connectivity index (χ0v) is 11.7. The maximum Gasteiger partial charge on any atom is 0.231 e. The number of nitrogens with zero attached hydrogens (tertiary/aromatic N) is 3. The molecule has 0 aliphatic heterocycles.